The Morgan fingerprint density at radius 2 is 1.90 bits per heavy atom. The van der Waals surface area contributed by atoms with Gasteiger partial charge in [-0.3, -0.25) is 4.90 Å². The Labute approximate surface area is 175 Å². The summed E-state index contributed by atoms with van der Waals surface area (Å²) < 4.78 is 3.41. The van der Waals surface area contributed by atoms with E-state index in [-0.39, 0.29) is 0 Å². The fraction of sp³-hybridized carbons (Fsp3) is 0.619. The third-order valence-electron chi connectivity index (χ3n) is 6.36. The monoisotopic (exact) mass is 411 g/mol. The lowest BCUT2D eigenvalue weighted by molar-refractivity contribution is 0.161. The van der Waals surface area contributed by atoms with Crippen molar-refractivity contribution in [2.24, 2.45) is 0 Å². The molecule has 2 aliphatic rings. The van der Waals surface area contributed by atoms with E-state index in [1.165, 1.54) is 30.4 Å². The first-order valence-electron chi connectivity index (χ1n) is 11.0. The number of benzene rings is 1. The maximum atomic E-state index is 4.85. The van der Waals surface area contributed by atoms with Crippen LogP contribution >= 0.6 is 11.3 Å². The number of tetrazole rings is 1. The Morgan fingerprint density at radius 3 is 2.66 bits per heavy atom. The maximum absolute atomic E-state index is 4.85. The SMILES string of the molecule is CCCC(c1nnnn1C1CCCC1)N1CCN(c2nc3ccccc3s2)CC1. The smallest absolute Gasteiger partial charge is 0.186 e. The number of fused-ring (bicyclic) bond motifs is 1. The third-order valence-corrected chi connectivity index (χ3v) is 7.45. The van der Waals surface area contributed by atoms with Gasteiger partial charge in [0, 0.05) is 26.2 Å². The summed E-state index contributed by atoms with van der Waals surface area (Å²) in [5.41, 5.74) is 1.11. The first kappa shape index (κ1) is 18.9. The van der Waals surface area contributed by atoms with Crippen LogP contribution in [0.2, 0.25) is 0 Å². The molecule has 1 unspecified atom stereocenters. The zero-order chi connectivity index (χ0) is 19.6. The molecule has 0 N–H and O–H groups in total. The van der Waals surface area contributed by atoms with Gasteiger partial charge in [-0.15, -0.1) is 5.10 Å². The summed E-state index contributed by atoms with van der Waals surface area (Å²) in [6, 6.07) is 9.22. The molecule has 1 saturated carbocycles. The van der Waals surface area contributed by atoms with Crippen LogP contribution in [0.25, 0.3) is 10.2 Å². The Kier molecular flexibility index (Phi) is 5.46. The van der Waals surface area contributed by atoms with Crippen LogP contribution in [0.5, 0.6) is 0 Å². The van der Waals surface area contributed by atoms with Crippen LogP contribution in [0.1, 0.15) is 63.4 Å². The summed E-state index contributed by atoms with van der Waals surface area (Å²) in [6.45, 7) is 6.32. The molecule has 1 atom stereocenters. The second-order valence-electron chi connectivity index (χ2n) is 8.21. The van der Waals surface area contributed by atoms with Crippen LogP contribution in [0.15, 0.2) is 24.3 Å². The van der Waals surface area contributed by atoms with Gasteiger partial charge in [0.1, 0.15) is 0 Å². The summed E-state index contributed by atoms with van der Waals surface area (Å²) in [5, 5.41) is 14.1. The lowest BCUT2D eigenvalue weighted by Gasteiger charge is -2.38. The van der Waals surface area contributed by atoms with Crippen molar-refractivity contribution in [1.82, 2.24) is 30.1 Å². The Hall–Kier alpha value is -2.06. The van der Waals surface area contributed by atoms with Crippen molar-refractivity contribution in [3.05, 3.63) is 30.1 Å². The number of hydrogen-bond acceptors (Lipinski definition) is 7. The minimum atomic E-state index is 0.313. The van der Waals surface area contributed by atoms with E-state index in [9.17, 15) is 0 Å². The number of rotatable bonds is 6. The molecule has 3 aromatic rings. The molecule has 1 aliphatic carbocycles. The third kappa shape index (κ3) is 3.75. The van der Waals surface area contributed by atoms with Crippen LogP contribution < -0.4 is 4.90 Å². The summed E-state index contributed by atoms with van der Waals surface area (Å²) in [4.78, 5) is 9.87. The zero-order valence-electron chi connectivity index (χ0n) is 17.1. The van der Waals surface area contributed by atoms with Gasteiger partial charge in [0.2, 0.25) is 0 Å². The van der Waals surface area contributed by atoms with Gasteiger partial charge in [0.25, 0.3) is 0 Å². The largest absolute Gasteiger partial charge is 0.345 e. The zero-order valence-corrected chi connectivity index (χ0v) is 17.9. The van der Waals surface area contributed by atoms with Gasteiger partial charge in [-0.1, -0.05) is 49.7 Å². The highest BCUT2D eigenvalue weighted by Gasteiger charge is 2.31. The summed E-state index contributed by atoms with van der Waals surface area (Å²) in [7, 11) is 0. The molecule has 1 aromatic carbocycles. The summed E-state index contributed by atoms with van der Waals surface area (Å²) in [6.07, 6.45) is 7.26. The lowest BCUT2D eigenvalue weighted by Crippen LogP contribution is -2.48. The predicted molar refractivity (Wildman–Crippen MR) is 116 cm³/mol. The maximum Gasteiger partial charge on any atom is 0.186 e. The number of aromatic nitrogens is 5. The number of anilines is 1. The van der Waals surface area contributed by atoms with Crippen molar-refractivity contribution in [2.75, 3.05) is 31.1 Å². The van der Waals surface area contributed by atoms with E-state index in [2.05, 4.69) is 61.2 Å². The molecule has 0 bridgehead atoms. The first-order valence-corrected chi connectivity index (χ1v) is 11.8. The van der Waals surface area contributed by atoms with Crippen LogP contribution in [0.4, 0.5) is 5.13 Å². The second kappa shape index (κ2) is 8.36. The molecule has 0 radical (unpaired) electrons. The van der Waals surface area contributed by atoms with Gasteiger partial charge in [-0.05, 0) is 41.8 Å². The molecular weight excluding hydrogens is 382 g/mol. The van der Waals surface area contributed by atoms with E-state index >= 15 is 0 Å². The van der Waals surface area contributed by atoms with Crippen molar-refractivity contribution >= 4 is 26.7 Å². The van der Waals surface area contributed by atoms with Crippen LogP contribution in [-0.4, -0.2) is 56.3 Å². The molecule has 8 heteroatoms. The van der Waals surface area contributed by atoms with E-state index in [0.717, 1.165) is 55.5 Å². The molecule has 29 heavy (non-hydrogen) atoms. The molecule has 1 saturated heterocycles. The Bertz CT molecular complexity index is 904. The van der Waals surface area contributed by atoms with E-state index < -0.39 is 0 Å². The molecule has 5 rings (SSSR count). The van der Waals surface area contributed by atoms with Crippen LogP contribution in [-0.2, 0) is 0 Å². The molecule has 0 spiro atoms. The van der Waals surface area contributed by atoms with E-state index in [4.69, 9.17) is 4.98 Å². The normalized spacial score (nSPS) is 20.0. The Morgan fingerprint density at radius 1 is 1.10 bits per heavy atom. The van der Waals surface area contributed by atoms with E-state index in [1.807, 2.05) is 0 Å². The van der Waals surface area contributed by atoms with Crippen molar-refractivity contribution in [1.29, 1.82) is 0 Å². The molecule has 0 amide bonds. The van der Waals surface area contributed by atoms with Gasteiger partial charge < -0.3 is 4.90 Å². The molecule has 7 nitrogen and oxygen atoms in total. The fourth-order valence-corrected chi connectivity index (χ4v) is 5.81. The number of thiazole rings is 1. The van der Waals surface area contributed by atoms with Gasteiger partial charge in [-0.2, -0.15) is 0 Å². The molecule has 1 aliphatic heterocycles. The predicted octanol–water partition coefficient (Wildman–Crippen LogP) is 4.06. The van der Waals surface area contributed by atoms with Crippen molar-refractivity contribution < 1.29 is 0 Å². The highest BCUT2D eigenvalue weighted by Crippen LogP contribution is 2.34. The molecule has 3 heterocycles. The molecular formula is C21H29N7S. The Balaban J connectivity index is 1.31. The van der Waals surface area contributed by atoms with E-state index in [1.54, 1.807) is 11.3 Å². The topological polar surface area (TPSA) is 63.0 Å². The summed E-state index contributed by atoms with van der Waals surface area (Å²) >= 11 is 1.80. The average molecular weight is 412 g/mol. The van der Waals surface area contributed by atoms with Crippen molar-refractivity contribution in [3.8, 4) is 0 Å². The summed E-state index contributed by atoms with van der Waals surface area (Å²) in [5.74, 6) is 1.08. The minimum absolute atomic E-state index is 0.313. The standard InChI is InChI=1S/C21H29N7S/c1-2-7-18(20-23-24-25-28(20)16-8-3-4-9-16)26-12-14-27(15-13-26)21-22-17-10-5-6-11-19(17)29-21/h5-6,10-11,16,18H,2-4,7-9,12-15H2,1H3. The van der Waals surface area contributed by atoms with Gasteiger partial charge in [0.15, 0.2) is 11.0 Å². The lowest BCUT2D eigenvalue weighted by atomic mass is 10.1. The molecule has 154 valence electrons. The highest BCUT2D eigenvalue weighted by molar-refractivity contribution is 7.22. The number of para-hydroxylation sites is 1. The molecule has 2 aromatic heterocycles. The van der Waals surface area contributed by atoms with Gasteiger partial charge in [-0.25, -0.2) is 9.67 Å². The highest BCUT2D eigenvalue weighted by atomic mass is 32.1. The number of piperazine rings is 1. The van der Waals surface area contributed by atoms with Crippen molar-refractivity contribution in [2.45, 2.75) is 57.5 Å². The van der Waals surface area contributed by atoms with Gasteiger partial charge >= 0.3 is 0 Å². The van der Waals surface area contributed by atoms with Crippen molar-refractivity contribution in [3.63, 3.8) is 0 Å². The van der Waals surface area contributed by atoms with Crippen LogP contribution in [0, 0.1) is 0 Å². The van der Waals surface area contributed by atoms with Crippen LogP contribution in [0.3, 0.4) is 0 Å². The number of nitrogens with zero attached hydrogens (tertiary/aromatic N) is 7. The minimum Gasteiger partial charge on any atom is -0.345 e. The number of hydrogen-bond donors (Lipinski definition) is 0. The molecule has 2 fully saturated rings. The second-order valence-corrected chi connectivity index (χ2v) is 9.22. The fourth-order valence-electron chi connectivity index (χ4n) is 4.80. The van der Waals surface area contributed by atoms with Gasteiger partial charge in [0.05, 0.1) is 22.3 Å². The average Bonchev–Trinajstić information content (AvgIpc) is 3.52. The first-order chi connectivity index (χ1) is 14.3. The van der Waals surface area contributed by atoms with E-state index in [0.29, 0.717) is 12.1 Å². The quantitative estimate of drug-likeness (QED) is 0.609.